The maximum Gasteiger partial charge on any atom is 0.333 e. The Morgan fingerprint density at radius 2 is 1.79 bits per heavy atom. The summed E-state index contributed by atoms with van der Waals surface area (Å²) >= 11 is 0. The van der Waals surface area contributed by atoms with Crippen molar-refractivity contribution in [3.8, 4) is 0 Å². The van der Waals surface area contributed by atoms with Crippen LogP contribution in [0.1, 0.15) is 26.2 Å². The van der Waals surface area contributed by atoms with Gasteiger partial charge in [-0.05, 0) is 13.3 Å². The third-order valence-corrected chi connectivity index (χ3v) is 4.40. The maximum absolute atomic E-state index is 12.2. The topological polar surface area (TPSA) is 220 Å². The molecule has 1 amide bonds. The molecule has 0 saturated carbocycles. The molecule has 0 aromatic heterocycles. The van der Waals surface area contributed by atoms with Gasteiger partial charge in [-0.25, -0.2) is 15.2 Å². The van der Waals surface area contributed by atoms with Crippen molar-refractivity contribution in [3.05, 3.63) is 0 Å². The minimum atomic E-state index is -2.23. The third-order valence-electron chi connectivity index (χ3n) is 4.40. The fraction of sp³-hybridized carbons (Fsp3) is 0.667. The van der Waals surface area contributed by atoms with Crippen LogP contribution in [0.15, 0.2) is 0 Å². The van der Waals surface area contributed by atoms with Crippen LogP contribution in [0, 0.1) is 0 Å². The molecule has 1 aliphatic rings. The van der Waals surface area contributed by atoms with E-state index in [0.717, 1.165) is 5.01 Å². The number of nitrogens with zero attached hydrogens (tertiary/aromatic N) is 1. The smallest absolute Gasteiger partial charge is 0.333 e. The summed E-state index contributed by atoms with van der Waals surface area (Å²) in [6.07, 6.45) is -2.39. The van der Waals surface area contributed by atoms with Crippen LogP contribution in [0.5, 0.6) is 0 Å². The lowest BCUT2D eigenvalue weighted by Crippen LogP contribution is -2.65. The molecular formula is C15H24N4O9. The number of aliphatic hydroxyl groups is 1. The fourth-order valence-corrected chi connectivity index (χ4v) is 2.88. The second-order valence-corrected chi connectivity index (χ2v) is 6.45. The van der Waals surface area contributed by atoms with Crippen molar-refractivity contribution < 1.29 is 44.4 Å². The summed E-state index contributed by atoms with van der Waals surface area (Å²) in [6.45, 7) is 0.257. The molecule has 0 spiro atoms. The van der Waals surface area contributed by atoms with Crippen molar-refractivity contribution in [3.63, 3.8) is 0 Å². The van der Waals surface area contributed by atoms with Gasteiger partial charge in [-0.15, -0.1) is 0 Å². The SMILES string of the molecule is C[C@H](NC(=O)CC[C@H](NN1C[C@H](O)C[C@]1(C(=O)O)C(=O)CN)C(=O)O)C(=O)O. The van der Waals surface area contributed by atoms with Gasteiger partial charge in [0.2, 0.25) is 5.91 Å². The predicted molar refractivity (Wildman–Crippen MR) is 90.8 cm³/mol. The van der Waals surface area contributed by atoms with Crippen LogP contribution in [0.25, 0.3) is 0 Å². The van der Waals surface area contributed by atoms with Crippen LogP contribution in [0.3, 0.4) is 0 Å². The molecule has 158 valence electrons. The number of carboxylic acids is 3. The van der Waals surface area contributed by atoms with Gasteiger partial charge in [-0.2, -0.15) is 0 Å². The van der Waals surface area contributed by atoms with Crippen LogP contribution in [0.4, 0.5) is 0 Å². The lowest BCUT2D eigenvalue weighted by Gasteiger charge is -2.34. The highest BCUT2D eigenvalue weighted by Crippen LogP contribution is 2.30. The van der Waals surface area contributed by atoms with Crippen molar-refractivity contribution in [1.82, 2.24) is 15.8 Å². The molecule has 8 N–H and O–H groups in total. The number of hydrogen-bond acceptors (Lipinski definition) is 9. The van der Waals surface area contributed by atoms with E-state index >= 15 is 0 Å². The number of carbonyl (C=O) groups is 5. The minimum absolute atomic E-state index is 0.327. The highest BCUT2D eigenvalue weighted by atomic mass is 16.4. The quantitative estimate of drug-likeness (QED) is 0.169. The molecule has 13 nitrogen and oxygen atoms in total. The summed E-state index contributed by atoms with van der Waals surface area (Å²) in [5.41, 5.74) is 5.43. The Morgan fingerprint density at radius 1 is 1.18 bits per heavy atom. The standard InChI is InChI=1S/C15H24N4O9/c1-7(12(23)24)17-11(22)3-2-9(13(25)26)18-19-6-8(20)4-15(19,14(27)28)10(21)5-16/h7-9,18,20H,2-6,16H2,1H3,(H,17,22)(H,23,24)(H,25,26)(H,27,28)/t7-,8+,9-,15+/m0/s1. The monoisotopic (exact) mass is 404 g/mol. The molecule has 0 aromatic carbocycles. The van der Waals surface area contributed by atoms with Gasteiger partial charge in [0.05, 0.1) is 12.6 Å². The lowest BCUT2D eigenvalue weighted by molar-refractivity contribution is -0.160. The Bertz CT molecular complexity index is 655. The number of nitrogens with two attached hydrogens (primary N) is 1. The van der Waals surface area contributed by atoms with E-state index in [9.17, 15) is 39.3 Å². The Labute approximate surface area is 159 Å². The van der Waals surface area contributed by atoms with Gasteiger partial charge in [0.25, 0.3) is 0 Å². The summed E-state index contributed by atoms with van der Waals surface area (Å²) in [5, 5.41) is 40.5. The summed E-state index contributed by atoms with van der Waals surface area (Å²) in [7, 11) is 0. The molecule has 1 heterocycles. The van der Waals surface area contributed by atoms with Crippen molar-refractivity contribution in [1.29, 1.82) is 0 Å². The highest BCUT2D eigenvalue weighted by molar-refractivity contribution is 6.09. The number of β-amino-alcohol motifs (C(OH)–C–C–N with tert-alkyl or cyclic N) is 1. The molecule has 1 fully saturated rings. The largest absolute Gasteiger partial charge is 0.480 e. The van der Waals surface area contributed by atoms with Gasteiger partial charge in [-0.1, -0.05) is 0 Å². The maximum atomic E-state index is 12.2. The Kier molecular flexibility index (Phi) is 7.99. The van der Waals surface area contributed by atoms with E-state index in [0.29, 0.717) is 0 Å². The van der Waals surface area contributed by atoms with Crippen molar-refractivity contribution in [2.24, 2.45) is 5.73 Å². The van der Waals surface area contributed by atoms with Crippen LogP contribution < -0.4 is 16.5 Å². The number of aliphatic carboxylic acids is 3. The average Bonchev–Trinajstić information content (AvgIpc) is 2.94. The van der Waals surface area contributed by atoms with E-state index in [1.165, 1.54) is 6.92 Å². The molecule has 1 aliphatic heterocycles. The number of carboxylic acid groups (broad SMARTS) is 3. The van der Waals surface area contributed by atoms with Gasteiger partial charge >= 0.3 is 17.9 Å². The first kappa shape index (κ1) is 23.4. The highest BCUT2D eigenvalue weighted by Gasteiger charge is 2.57. The number of rotatable bonds is 11. The second-order valence-electron chi connectivity index (χ2n) is 6.45. The van der Waals surface area contributed by atoms with Gasteiger partial charge in [0, 0.05) is 19.4 Å². The van der Waals surface area contributed by atoms with Crippen LogP contribution in [-0.2, 0) is 24.0 Å². The molecule has 0 unspecified atom stereocenters. The van der Waals surface area contributed by atoms with Crippen molar-refractivity contribution in [2.45, 2.75) is 49.9 Å². The molecule has 0 aromatic rings. The second kappa shape index (κ2) is 9.54. The zero-order valence-electron chi connectivity index (χ0n) is 15.1. The van der Waals surface area contributed by atoms with Gasteiger partial charge in [-0.3, -0.25) is 19.2 Å². The number of nitrogens with one attached hydrogen (secondary N) is 2. The first-order valence-corrected chi connectivity index (χ1v) is 8.39. The number of carbonyl (C=O) groups excluding carboxylic acids is 2. The molecular weight excluding hydrogens is 380 g/mol. The zero-order chi connectivity index (χ0) is 21.6. The number of hydrogen-bond donors (Lipinski definition) is 7. The van der Waals surface area contributed by atoms with E-state index < -0.39 is 66.3 Å². The molecule has 1 saturated heterocycles. The number of hydrazine groups is 1. The predicted octanol–water partition coefficient (Wildman–Crippen LogP) is -3.27. The number of Topliss-reactive ketones (excluding diaryl/α,β-unsaturated/α-hetero) is 1. The summed E-state index contributed by atoms with van der Waals surface area (Å²) in [4.78, 5) is 57.9. The third kappa shape index (κ3) is 5.22. The molecule has 0 radical (unpaired) electrons. The first-order valence-electron chi connectivity index (χ1n) is 8.39. The molecule has 1 rings (SSSR count). The Balaban J connectivity index is 2.90. The molecule has 0 bridgehead atoms. The van der Waals surface area contributed by atoms with E-state index in [1.54, 1.807) is 0 Å². The minimum Gasteiger partial charge on any atom is -0.480 e. The van der Waals surface area contributed by atoms with Gasteiger partial charge in [0.1, 0.15) is 12.1 Å². The molecule has 4 atom stereocenters. The van der Waals surface area contributed by atoms with Crippen LogP contribution in [-0.4, -0.2) is 91.8 Å². The van der Waals surface area contributed by atoms with E-state index in [4.69, 9.17) is 10.8 Å². The van der Waals surface area contributed by atoms with Gasteiger partial charge in [0.15, 0.2) is 11.3 Å². The van der Waals surface area contributed by atoms with E-state index in [-0.39, 0.29) is 19.4 Å². The van der Waals surface area contributed by atoms with Crippen LogP contribution in [0.2, 0.25) is 0 Å². The first-order chi connectivity index (χ1) is 12.9. The summed E-state index contributed by atoms with van der Waals surface area (Å²) < 4.78 is 0. The Hall–Kier alpha value is -2.61. The number of ketones is 1. The number of amides is 1. The van der Waals surface area contributed by atoms with Gasteiger partial charge < -0.3 is 31.5 Å². The molecule has 28 heavy (non-hydrogen) atoms. The lowest BCUT2D eigenvalue weighted by atomic mass is 9.91. The van der Waals surface area contributed by atoms with E-state index in [2.05, 4.69) is 10.7 Å². The fourth-order valence-electron chi connectivity index (χ4n) is 2.88. The van der Waals surface area contributed by atoms with E-state index in [1.807, 2.05) is 0 Å². The molecule has 0 aliphatic carbocycles. The van der Waals surface area contributed by atoms with Crippen molar-refractivity contribution >= 4 is 29.6 Å². The van der Waals surface area contributed by atoms with Crippen molar-refractivity contribution in [2.75, 3.05) is 13.1 Å². The summed E-state index contributed by atoms with van der Waals surface area (Å²) in [5.74, 6) is -5.92. The average molecular weight is 404 g/mol. The molecule has 13 heteroatoms. The number of aliphatic hydroxyl groups excluding tert-OH is 1. The zero-order valence-corrected chi connectivity index (χ0v) is 15.1. The van der Waals surface area contributed by atoms with Crippen LogP contribution >= 0.6 is 0 Å². The summed E-state index contributed by atoms with van der Waals surface area (Å²) in [6, 6.07) is -2.64. The Morgan fingerprint density at radius 3 is 2.25 bits per heavy atom. The normalized spacial score (nSPS) is 24.3.